The van der Waals surface area contributed by atoms with Crippen LogP contribution >= 0.6 is 0 Å². The summed E-state index contributed by atoms with van der Waals surface area (Å²) in [5.41, 5.74) is 11.6. The molecule has 0 spiro atoms. The van der Waals surface area contributed by atoms with E-state index < -0.39 is 11.7 Å². The lowest BCUT2D eigenvalue weighted by Crippen LogP contribution is -2.50. The van der Waals surface area contributed by atoms with Gasteiger partial charge in [0.05, 0.1) is 0 Å². The van der Waals surface area contributed by atoms with Crippen molar-refractivity contribution in [2.24, 2.45) is 21.8 Å². The molecule has 0 radical (unpaired) electrons. The number of alkyl carbamates (subject to hydrolysis) is 1. The quantitative estimate of drug-likeness (QED) is 0.0647. The summed E-state index contributed by atoms with van der Waals surface area (Å²) in [6.07, 6.45) is 2.89. The molecule has 1 fully saturated rings. The highest BCUT2D eigenvalue weighted by atomic mass is 16.6. The maximum Gasteiger partial charge on any atom is 0.407 e. The van der Waals surface area contributed by atoms with E-state index in [9.17, 15) is 14.4 Å². The Morgan fingerprint density at radius 1 is 0.816 bits per heavy atom. The number of carbonyl (C=O) groups is 3. The van der Waals surface area contributed by atoms with Crippen molar-refractivity contribution >= 4 is 29.6 Å². The number of aromatic nitrogens is 2. The van der Waals surface area contributed by atoms with Gasteiger partial charge in [-0.1, -0.05) is 10.3 Å². The highest BCUT2D eigenvalue weighted by Crippen LogP contribution is 2.30. The minimum Gasteiger partial charge on any atom is -0.444 e. The summed E-state index contributed by atoms with van der Waals surface area (Å²) in [5.74, 6) is 0.169. The third-order valence-electron chi connectivity index (χ3n) is 7.01. The molecule has 0 bridgehead atoms. The first-order valence-corrected chi connectivity index (χ1v) is 15.3. The van der Waals surface area contributed by atoms with Crippen LogP contribution in [0.15, 0.2) is 65.2 Å². The number of nitrogens with one attached hydrogen (secondary N) is 1. The van der Waals surface area contributed by atoms with Crippen molar-refractivity contribution in [2.45, 2.75) is 39.2 Å². The summed E-state index contributed by atoms with van der Waals surface area (Å²) in [6, 6.07) is 10.8. The van der Waals surface area contributed by atoms with E-state index in [1.54, 1.807) is 60.9 Å². The Bertz CT molecular complexity index is 1600. The summed E-state index contributed by atoms with van der Waals surface area (Å²) in [6.45, 7) is 6.91. The first-order chi connectivity index (χ1) is 23.3. The van der Waals surface area contributed by atoms with Crippen LogP contribution in [0.5, 0.6) is 23.3 Å². The molecule has 1 aliphatic rings. The van der Waals surface area contributed by atoms with E-state index in [1.165, 1.54) is 24.5 Å². The lowest BCUT2D eigenvalue weighted by molar-refractivity contribution is -0.132. The molecule has 0 aliphatic carbocycles. The number of nitrogens with two attached hydrogens (primary N) is 2. The SMILES string of the molecule is CC(C)(C)OC(=O)NCCCC(=O)N1CCN(C(=O)c2cc(Oc3ccc(C(N)=NO)cn3)cc(Oc3ccc(C(N)=NO)cn3)c2)CC1. The number of amidine groups is 2. The van der Waals surface area contributed by atoms with Crippen LogP contribution < -0.4 is 26.3 Å². The van der Waals surface area contributed by atoms with Gasteiger partial charge in [0.1, 0.15) is 17.1 Å². The summed E-state index contributed by atoms with van der Waals surface area (Å²) >= 11 is 0. The van der Waals surface area contributed by atoms with Gasteiger partial charge in [-0.05, 0) is 51.5 Å². The molecule has 17 heteroatoms. The van der Waals surface area contributed by atoms with Crippen LogP contribution in [0, 0.1) is 0 Å². The molecule has 3 amide bonds. The maximum atomic E-state index is 13.7. The largest absolute Gasteiger partial charge is 0.444 e. The van der Waals surface area contributed by atoms with Gasteiger partial charge in [-0.3, -0.25) is 9.59 Å². The van der Waals surface area contributed by atoms with Crippen molar-refractivity contribution < 1.29 is 39.0 Å². The molecule has 2 aromatic heterocycles. The minimum atomic E-state index is -0.605. The predicted molar refractivity (Wildman–Crippen MR) is 176 cm³/mol. The fourth-order valence-electron chi connectivity index (χ4n) is 4.60. The van der Waals surface area contributed by atoms with Gasteiger partial charge >= 0.3 is 6.09 Å². The second-order valence-corrected chi connectivity index (χ2v) is 11.8. The number of amides is 3. The van der Waals surface area contributed by atoms with E-state index in [0.717, 1.165) is 0 Å². The fraction of sp³-hybridized carbons (Fsp3) is 0.344. The van der Waals surface area contributed by atoms with E-state index in [4.69, 9.17) is 36.1 Å². The topological polar surface area (TPSA) is 240 Å². The van der Waals surface area contributed by atoms with E-state index in [-0.39, 0.29) is 58.7 Å². The molecule has 0 saturated carbocycles. The van der Waals surface area contributed by atoms with Crippen molar-refractivity contribution in [1.82, 2.24) is 25.1 Å². The van der Waals surface area contributed by atoms with E-state index in [0.29, 0.717) is 50.3 Å². The fourth-order valence-corrected chi connectivity index (χ4v) is 4.60. The number of carbonyl (C=O) groups excluding carboxylic acids is 3. The Morgan fingerprint density at radius 3 is 1.78 bits per heavy atom. The number of pyridine rings is 2. The Labute approximate surface area is 282 Å². The molecule has 17 nitrogen and oxygen atoms in total. The highest BCUT2D eigenvalue weighted by Gasteiger charge is 2.26. The zero-order valence-corrected chi connectivity index (χ0v) is 27.3. The Hall–Kier alpha value is -6.13. The van der Waals surface area contributed by atoms with Crippen molar-refractivity contribution in [2.75, 3.05) is 32.7 Å². The standard InChI is InChI=1S/C32H39N9O8/c1-32(2,3)49-31(44)35-10-4-5-27(42)40-11-13-41(14-12-40)30(43)22-15-23(47-25-8-6-20(18-36-25)28(33)38-45)17-24(16-22)48-26-9-7-21(19-37-26)29(34)39-46/h6-9,15-19,45-46H,4-5,10-14H2,1-3H3,(H2,33,38)(H2,34,39)(H,35,44). The number of ether oxygens (including phenoxy) is 3. The summed E-state index contributed by atoms with van der Waals surface area (Å²) in [5, 5.41) is 26.4. The molecule has 0 unspecified atom stereocenters. The van der Waals surface area contributed by atoms with Crippen LogP contribution in [0.4, 0.5) is 4.79 Å². The first kappa shape index (κ1) is 35.7. The van der Waals surface area contributed by atoms with E-state index in [2.05, 4.69) is 25.6 Å². The molecule has 3 heterocycles. The van der Waals surface area contributed by atoms with Gasteiger partial charge in [-0.2, -0.15) is 0 Å². The molecule has 1 saturated heterocycles. The van der Waals surface area contributed by atoms with Crippen LogP contribution in [-0.2, 0) is 9.53 Å². The predicted octanol–water partition coefficient (Wildman–Crippen LogP) is 2.84. The van der Waals surface area contributed by atoms with Crippen LogP contribution in [-0.4, -0.2) is 98.1 Å². The van der Waals surface area contributed by atoms with Crippen molar-refractivity contribution in [3.05, 3.63) is 71.5 Å². The van der Waals surface area contributed by atoms with Gasteiger partial charge in [-0.15, -0.1) is 0 Å². The van der Waals surface area contributed by atoms with E-state index in [1.807, 2.05) is 0 Å². The zero-order chi connectivity index (χ0) is 35.6. The van der Waals surface area contributed by atoms with Gasteiger partial charge in [0, 0.05) is 86.4 Å². The van der Waals surface area contributed by atoms with E-state index >= 15 is 0 Å². The molecule has 4 rings (SSSR count). The average molecular weight is 678 g/mol. The zero-order valence-electron chi connectivity index (χ0n) is 27.3. The summed E-state index contributed by atoms with van der Waals surface area (Å²) in [7, 11) is 0. The lowest BCUT2D eigenvalue weighted by atomic mass is 10.1. The number of benzene rings is 1. The number of oxime groups is 2. The normalized spacial score (nSPS) is 13.9. The lowest BCUT2D eigenvalue weighted by Gasteiger charge is -2.35. The average Bonchev–Trinajstić information content (AvgIpc) is 3.09. The van der Waals surface area contributed by atoms with Crippen molar-refractivity contribution in [3.63, 3.8) is 0 Å². The number of piperazine rings is 1. The molecule has 7 N–H and O–H groups in total. The van der Waals surface area contributed by atoms with Crippen molar-refractivity contribution in [3.8, 4) is 23.3 Å². The third-order valence-corrected chi connectivity index (χ3v) is 7.01. The Balaban J connectivity index is 1.43. The summed E-state index contributed by atoms with van der Waals surface area (Å²) < 4.78 is 17.1. The number of hydrogen-bond acceptors (Lipinski definition) is 12. The Kier molecular flexibility index (Phi) is 11.8. The van der Waals surface area contributed by atoms with Gasteiger partial charge in [-0.25, -0.2) is 14.8 Å². The van der Waals surface area contributed by atoms with Gasteiger partial charge in [0.15, 0.2) is 11.7 Å². The monoisotopic (exact) mass is 677 g/mol. The molecule has 3 aromatic rings. The van der Waals surface area contributed by atoms with Crippen molar-refractivity contribution in [1.29, 1.82) is 0 Å². The molecular formula is C32H39N9O8. The van der Waals surface area contributed by atoms with Gasteiger partial charge < -0.3 is 51.2 Å². The minimum absolute atomic E-state index is 0.0692. The van der Waals surface area contributed by atoms with Crippen LogP contribution in [0.2, 0.25) is 0 Å². The molecular weight excluding hydrogens is 638 g/mol. The van der Waals surface area contributed by atoms with Crippen LogP contribution in [0.25, 0.3) is 0 Å². The molecule has 1 aromatic carbocycles. The maximum absolute atomic E-state index is 13.7. The number of nitrogens with zero attached hydrogens (tertiary/aromatic N) is 6. The highest BCUT2D eigenvalue weighted by molar-refractivity contribution is 5.97. The first-order valence-electron chi connectivity index (χ1n) is 15.3. The number of hydrogen-bond donors (Lipinski definition) is 5. The molecule has 0 atom stereocenters. The Morgan fingerprint density at radius 2 is 1.33 bits per heavy atom. The summed E-state index contributed by atoms with van der Waals surface area (Å²) in [4.78, 5) is 50.0. The smallest absolute Gasteiger partial charge is 0.407 e. The third kappa shape index (κ3) is 10.4. The molecule has 260 valence electrons. The molecule has 49 heavy (non-hydrogen) atoms. The van der Waals surface area contributed by atoms with Crippen LogP contribution in [0.3, 0.4) is 0 Å². The molecule has 1 aliphatic heterocycles. The second-order valence-electron chi connectivity index (χ2n) is 11.8. The van der Waals surface area contributed by atoms with Gasteiger partial charge in [0.25, 0.3) is 5.91 Å². The van der Waals surface area contributed by atoms with Crippen LogP contribution in [0.1, 0.15) is 55.1 Å². The van der Waals surface area contributed by atoms with Gasteiger partial charge in [0.2, 0.25) is 17.7 Å². The number of rotatable bonds is 11. The second kappa shape index (κ2) is 16.1.